The van der Waals surface area contributed by atoms with Gasteiger partial charge in [-0.3, -0.25) is 0 Å². The van der Waals surface area contributed by atoms with Crippen molar-refractivity contribution in [1.29, 1.82) is 0 Å². The van der Waals surface area contributed by atoms with Crippen LogP contribution in [-0.2, 0) is 6.54 Å². The maximum atomic E-state index is 5.40. The third-order valence-electron chi connectivity index (χ3n) is 3.20. The van der Waals surface area contributed by atoms with Crippen molar-refractivity contribution < 1.29 is 14.2 Å². The van der Waals surface area contributed by atoms with Crippen molar-refractivity contribution in [1.82, 2.24) is 9.55 Å². The molecule has 1 aromatic heterocycles. The minimum Gasteiger partial charge on any atom is -0.493 e. The highest BCUT2D eigenvalue weighted by Gasteiger charge is 2.16. The molecule has 0 spiro atoms. The van der Waals surface area contributed by atoms with Crippen LogP contribution in [0.3, 0.4) is 0 Å². The van der Waals surface area contributed by atoms with Gasteiger partial charge in [-0.25, -0.2) is 4.98 Å². The highest BCUT2D eigenvalue weighted by atomic mass is 16.5. The molecule has 0 amide bonds. The zero-order valence-electron chi connectivity index (χ0n) is 13.2. The molecule has 5 heteroatoms. The molecule has 21 heavy (non-hydrogen) atoms. The molecule has 114 valence electrons. The third kappa shape index (κ3) is 3.12. The van der Waals surface area contributed by atoms with E-state index in [-0.39, 0.29) is 0 Å². The average Bonchev–Trinajstić information content (AvgIpc) is 2.92. The van der Waals surface area contributed by atoms with Gasteiger partial charge in [-0.2, -0.15) is 0 Å². The molecule has 0 aliphatic rings. The van der Waals surface area contributed by atoms with Gasteiger partial charge in [-0.15, -0.1) is 0 Å². The summed E-state index contributed by atoms with van der Waals surface area (Å²) >= 11 is 0. The quantitative estimate of drug-likeness (QED) is 0.819. The number of hydrogen-bond donors (Lipinski definition) is 0. The van der Waals surface area contributed by atoms with E-state index in [1.54, 1.807) is 27.5 Å². The fraction of sp³-hybridized carbons (Fsp3) is 0.438. The van der Waals surface area contributed by atoms with Crippen LogP contribution in [0.25, 0.3) is 11.4 Å². The Morgan fingerprint density at radius 2 is 1.67 bits per heavy atom. The molecule has 0 atom stereocenters. The molecule has 0 bridgehead atoms. The van der Waals surface area contributed by atoms with Gasteiger partial charge >= 0.3 is 0 Å². The largest absolute Gasteiger partial charge is 0.493 e. The lowest BCUT2D eigenvalue weighted by molar-refractivity contribution is 0.324. The SMILES string of the molecule is COc1cc(-c2nccn2CC(C)C)cc(OC)c1OC. The van der Waals surface area contributed by atoms with Gasteiger partial charge in [0.2, 0.25) is 5.75 Å². The molecule has 0 saturated carbocycles. The second kappa shape index (κ2) is 6.52. The topological polar surface area (TPSA) is 45.5 Å². The van der Waals surface area contributed by atoms with E-state index < -0.39 is 0 Å². The standard InChI is InChI=1S/C16H22N2O3/c1-11(2)10-18-7-6-17-16(18)12-8-13(19-3)15(21-5)14(9-12)20-4/h6-9,11H,10H2,1-5H3. The van der Waals surface area contributed by atoms with Gasteiger partial charge in [0.05, 0.1) is 21.3 Å². The van der Waals surface area contributed by atoms with Crippen LogP contribution in [0.4, 0.5) is 0 Å². The second-order valence-electron chi connectivity index (χ2n) is 5.21. The number of benzene rings is 1. The molecule has 2 rings (SSSR count). The summed E-state index contributed by atoms with van der Waals surface area (Å²) in [5.74, 6) is 3.28. The molecular weight excluding hydrogens is 268 g/mol. The number of nitrogens with zero attached hydrogens (tertiary/aromatic N) is 2. The van der Waals surface area contributed by atoms with Gasteiger partial charge in [-0.1, -0.05) is 13.8 Å². The van der Waals surface area contributed by atoms with E-state index in [0.29, 0.717) is 23.2 Å². The van der Waals surface area contributed by atoms with Crippen LogP contribution in [0.1, 0.15) is 13.8 Å². The Morgan fingerprint density at radius 1 is 1.05 bits per heavy atom. The van der Waals surface area contributed by atoms with Crippen LogP contribution in [0, 0.1) is 5.92 Å². The molecule has 5 nitrogen and oxygen atoms in total. The molecule has 0 saturated heterocycles. The number of methoxy groups -OCH3 is 3. The molecule has 2 aromatic rings. The molecule has 0 aliphatic heterocycles. The first-order valence-electron chi connectivity index (χ1n) is 6.92. The monoisotopic (exact) mass is 290 g/mol. The Labute approximate surface area is 125 Å². The Balaban J connectivity index is 2.52. The summed E-state index contributed by atoms with van der Waals surface area (Å²) in [5, 5.41) is 0. The smallest absolute Gasteiger partial charge is 0.203 e. The molecule has 0 fully saturated rings. The zero-order valence-corrected chi connectivity index (χ0v) is 13.2. The first-order chi connectivity index (χ1) is 10.1. The maximum Gasteiger partial charge on any atom is 0.203 e. The van der Waals surface area contributed by atoms with Crippen molar-refractivity contribution in [2.75, 3.05) is 21.3 Å². The van der Waals surface area contributed by atoms with Crippen LogP contribution >= 0.6 is 0 Å². The van der Waals surface area contributed by atoms with Gasteiger partial charge in [0.1, 0.15) is 5.82 Å². The maximum absolute atomic E-state index is 5.40. The minimum absolute atomic E-state index is 0.542. The molecular formula is C16H22N2O3. The first-order valence-corrected chi connectivity index (χ1v) is 6.92. The van der Waals surface area contributed by atoms with Crippen LogP contribution in [0.2, 0.25) is 0 Å². The van der Waals surface area contributed by atoms with Crippen molar-refractivity contribution in [2.45, 2.75) is 20.4 Å². The molecule has 1 aromatic carbocycles. The molecule has 0 N–H and O–H groups in total. The van der Waals surface area contributed by atoms with E-state index in [2.05, 4.69) is 23.4 Å². The average molecular weight is 290 g/mol. The molecule has 0 radical (unpaired) electrons. The second-order valence-corrected chi connectivity index (χ2v) is 5.21. The number of ether oxygens (including phenoxy) is 3. The zero-order chi connectivity index (χ0) is 15.4. The van der Waals surface area contributed by atoms with Gasteiger partial charge in [0.15, 0.2) is 11.5 Å². The Hall–Kier alpha value is -2.17. The fourth-order valence-electron chi connectivity index (χ4n) is 2.32. The summed E-state index contributed by atoms with van der Waals surface area (Å²) in [4.78, 5) is 4.46. The van der Waals surface area contributed by atoms with E-state index in [9.17, 15) is 0 Å². The lowest BCUT2D eigenvalue weighted by Gasteiger charge is -2.15. The van der Waals surface area contributed by atoms with E-state index in [1.165, 1.54) is 0 Å². The summed E-state index contributed by atoms with van der Waals surface area (Å²) in [6, 6.07) is 3.83. The van der Waals surface area contributed by atoms with Crippen LogP contribution in [-0.4, -0.2) is 30.9 Å². The highest BCUT2D eigenvalue weighted by molar-refractivity contribution is 5.67. The Kier molecular flexibility index (Phi) is 4.73. The number of hydrogen-bond acceptors (Lipinski definition) is 4. The van der Waals surface area contributed by atoms with Gasteiger partial charge < -0.3 is 18.8 Å². The summed E-state index contributed by atoms with van der Waals surface area (Å²) < 4.78 is 18.3. The first kappa shape index (κ1) is 15.2. The van der Waals surface area contributed by atoms with Crippen LogP contribution < -0.4 is 14.2 Å². The number of rotatable bonds is 6. The van der Waals surface area contributed by atoms with E-state index in [4.69, 9.17) is 14.2 Å². The Morgan fingerprint density at radius 3 is 2.14 bits per heavy atom. The summed E-state index contributed by atoms with van der Waals surface area (Å²) in [6.07, 6.45) is 3.79. The Bertz CT molecular complexity index is 580. The van der Waals surface area contributed by atoms with E-state index >= 15 is 0 Å². The predicted octanol–water partition coefficient (Wildman–Crippen LogP) is 3.23. The van der Waals surface area contributed by atoms with Crippen molar-refractivity contribution in [3.63, 3.8) is 0 Å². The molecule has 0 aliphatic carbocycles. The van der Waals surface area contributed by atoms with Crippen LogP contribution in [0.5, 0.6) is 17.2 Å². The van der Waals surface area contributed by atoms with Gasteiger partial charge in [-0.05, 0) is 18.1 Å². The van der Waals surface area contributed by atoms with Crippen molar-refractivity contribution in [2.24, 2.45) is 5.92 Å². The normalized spacial score (nSPS) is 10.8. The van der Waals surface area contributed by atoms with Gasteiger partial charge in [0.25, 0.3) is 0 Å². The molecule has 1 heterocycles. The van der Waals surface area contributed by atoms with E-state index in [0.717, 1.165) is 17.9 Å². The number of imidazole rings is 1. The third-order valence-corrected chi connectivity index (χ3v) is 3.20. The van der Waals surface area contributed by atoms with Gasteiger partial charge in [0, 0.05) is 24.5 Å². The highest BCUT2D eigenvalue weighted by Crippen LogP contribution is 2.40. The van der Waals surface area contributed by atoms with Crippen molar-refractivity contribution >= 4 is 0 Å². The molecule has 0 unspecified atom stereocenters. The van der Waals surface area contributed by atoms with Crippen molar-refractivity contribution in [3.8, 4) is 28.6 Å². The summed E-state index contributed by atoms with van der Waals surface area (Å²) in [7, 11) is 4.82. The predicted molar refractivity (Wildman–Crippen MR) is 82.2 cm³/mol. The summed E-state index contributed by atoms with van der Waals surface area (Å²) in [5.41, 5.74) is 0.940. The number of aromatic nitrogens is 2. The van der Waals surface area contributed by atoms with Crippen LogP contribution in [0.15, 0.2) is 24.5 Å². The summed E-state index contributed by atoms with van der Waals surface area (Å²) in [6.45, 7) is 5.27. The fourth-order valence-corrected chi connectivity index (χ4v) is 2.32. The lowest BCUT2D eigenvalue weighted by Crippen LogP contribution is -2.05. The van der Waals surface area contributed by atoms with Crippen molar-refractivity contribution in [3.05, 3.63) is 24.5 Å². The van der Waals surface area contributed by atoms with E-state index in [1.807, 2.05) is 18.3 Å². The minimum atomic E-state index is 0.542. The lowest BCUT2D eigenvalue weighted by atomic mass is 10.1.